The molecule has 3 nitrogen and oxygen atoms in total. The van der Waals surface area contributed by atoms with Crippen molar-refractivity contribution in [3.63, 3.8) is 0 Å². The van der Waals surface area contributed by atoms with Crippen LogP contribution in [0.5, 0.6) is 0 Å². The highest BCUT2D eigenvalue weighted by Crippen LogP contribution is 2.47. The summed E-state index contributed by atoms with van der Waals surface area (Å²) < 4.78 is 0.754. The first-order valence-corrected chi connectivity index (χ1v) is 6.97. The van der Waals surface area contributed by atoms with Crippen LogP contribution in [0.1, 0.15) is 28.6 Å². The first-order chi connectivity index (χ1) is 8.11. The van der Waals surface area contributed by atoms with Crippen molar-refractivity contribution in [2.45, 2.75) is 18.1 Å². The molecule has 0 saturated carbocycles. The predicted octanol–water partition coefficient (Wildman–Crippen LogP) is 2.55. The van der Waals surface area contributed by atoms with E-state index in [1.807, 2.05) is 29.6 Å². The van der Waals surface area contributed by atoms with Gasteiger partial charge in [0.1, 0.15) is 15.2 Å². The Kier molecular flexibility index (Phi) is 2.59. The van der Waals surface area contributed by atoms with Gasteiger partial charge in [-0.05, 0) is 27.1 Å². The number of nitrogens with two attached hydrogens (primary N) is 1. The monoisotopic (exact) mass is 310 g/mol. The van der Waals surface area contributed by atoms with Gasteiger partial charge in [0.15, 0.2) is 0 Å². The maximum atomic E-state index is 10.8. The lowest BCUT2D eigenvalue weighted by molar-refractivity contribution is 0.0772. The van der Waals surface area contributed by atoms with Gasteiger partial charge in [0.25, 0.3) is 0 Å². The van der Waals surface area contributed by atoms with Gasteiger partial charge in [0.2, 0.25) is 0 Å². The third-order valence-electron chi connectivity index (χ3n) is 3.15. The van der Waals surface area contributed by atoms with Crippen molar-refractivity contribution in [1.29, 1.82) is 0 Å². The molecule has 0 bridgehead atoms. The number of nitrogens with zero attached hydrogens (tertiary/aromatic N) is 1. The molecule has 0 fully saturated rings. The van der Waals surface area contributed by atoms with Crippen molar-refractivity contribution < 1.29 is 5.11 Å². The van der Waals surface area contributed by atoms with Crippen LogP contribution >= 0.6 is 27.3 Å². The van der Waals surface area contributed by atoms with Crippen LogP contribution in [0.4, 0.5) is 0 Å². The molecule has 3 N–H and O–H groups in total. The van der Waals surface area contributed by atoms with Crippen LogP contribution in [0.15, 0.2) is 34.2 Å². The fraction of sp³-hybridized carbons (Fsp3) is 0.250. The first-order valence-electron chi connectivity index (χ1n) is 5.30. The molecular formula is C12H11BrN2OS. The van der Waals surface area contributed by atoms with E-state index in [-0.39, 0.29) is 6.04 Å². The quantitative estimate of drug-likeness (QED) is 0.851. The molecule has 3 rings (SSSR count). The van der Waals surface area contributed by atoms with Gasteiger partial charge in [-0.3, -0.25) is 0 Å². The highest BCUT2D eigenvalue weighted by Gasteiger charge is 2.44. The number of aromatic nitrogens is 1. The second-order valence-electron chi connectivity index (χ2n) is 4.23. The second-order valence-corrected chi connectivity index (χ2v) is 5.90. The Balaban J connectivity index is 2.17. The number of hydrogen-bond acceptors (Lipinski definition) is 4. The van der Waals surface area contributed by atoms with Gasteiger partial charge < -0.3 is 10.8 Å². The van der Waals surface area contributed by atoms with Crippen molar-refractivity contribution in [3.8, 4) is 0 Å². The first kappa shape index (κ1) is 11.3. The zero-order valence-electron chi connectivity index (χ0n) is 8.93. The lowest BCUT2D eigenvalue weighted by Crippen LogP contribution is -2.24. The van der Waals surface area contributed by atoms with Crippen molar-refractivity contribution in [3.05, 3.63) is 50.4 Å². The Bertz CT molecular complexity index is 571. The van der Waals surface area contributed by atoms with Crippen molar-refractivity contribution in [2.24, 2.45) is 5.73 Å². The fourth-order valence-electron chi connectivity index (χ4n) is 2.38. The normalized spacial score (nSPS) is 27.1. The minimum Gasteiger partial charge on any atom is -0.378 e. The molecule has 0 radical (unpaired) electrons. The van der Waals surface area contributed by atoms with E-state index >= 15 is 0 Å². The zero-order valence-corrected chi connectivity index (χ0v) is 11.3. The molecule has 1 aliphatic rings. The average molecular weight is 311 g/mol. The van der Waals surface area contributed by atoms with Gasteiger partial charge in [0.05, 0.1) is 0 Å². The Morgan fingerprint density at radius 3 is 2.94 bits per heavy atom. The average Bonchev–Trinajstić information content (AvgIpc) is 2.85. The standard InChI is InChI=1S/C12H11BrN2OS/c13-10-6-17-11(15-10)12(16)5-9(14)7-3-1-2-4-8(7)12/h1-4,6,9,16H,5,14H2. The molecule has 0 saturated heterocycles. The predicted molar refractivity (Wildman–Crippen MR) is 70.8 cm³/mol. The zero-order chi connectivity index (χ0) is 12.0. The number of rotatable bonds is 1. The van der Waals surface area contributed by atoms with Gasteiger partial charge in [-0.2, -0.15) is 0 Å². The third-order valence-corrected chi connectivity index (χ3v) is 4.85. The molecule has 1 aromatic heterocycles. The Morgan fingerprint density at radius 1 is 1.47 bits per heavy atom. The summed E-state index contributed by atoms with van der Waals surface area (Å²) >= 11 is 4.76. The number of hydrogen-bond donors (Lipinski definition) is 2. The van der Waals surface area contributed by atoms with Crippen LogP contribution in [0.25, 0.3) is 0 Å². The highest BCUT2D eigenvalue weighted by atomic mass is 79.9. The minimum absolute atomic E-state index is 0.126. The molecule has 0 aliphatic heterocycles. The summed E-state index contributed by atoms with van der Waals surface area (Å²) in [6.07, 6.45) is 0.492. The summed E-state index contributed by atoms with van der Waals surface area (Å²) in [5, 5.41) is 13.4. The van der Waals surface area contributed by atoms with Crippen LogP contribution < -0.4 is 5.73 Å². The van der Waals surface area contributed by atoms with Gasteiger partial charge in [-0.15, -0.1) is 11.3 Å². The van der Waals surface area contributed by atoms with Gasteiger partial charge in [-0.1, -0.05) is 24.3 Å². The molecule has 1 heterocycles. The Morgan fingerprint density at radius 2 is 2.24 bits per heavy atom. The lowest BCUT2D eigenvalue weighted by atomic mass is 9.97. The maximum absolute atomic E-state index is 10.8. The summed E-state index contributed by atoms with van der Waals surface area (Å²) in [6.45, 7) is 0. The minimum atomic E-state index is -1.04. The van der Waals surface area contributed by atoms with E-state index in [9.17, 15) is 5.11 Å². The summed E-state index contributed by atoms with van der Waals surface area (Å²) in [5.41, 5.74) is 6.93. The van der Waals surface area contributed by atoms with Crippen molar-refractivity contribution in [2.75, 3.05) is 0 Å². The van der Waals surface area contributed by atoms with E-state index in [0.29, 0.717) is 11.4 Å². The molecular weight excluding hydrogens is 300 g/mol. The van der Waals surface area contributed by atoms with Crippen molar-refractivity contribution >= 4 is 27.3 Å². The number of thiazole rings is 1. The lowest BCUT2D eigenvalue weighted by Gasteiger charge is -2.21. The topological polar surface area (TPSA) is 59.1 Å². The van der Waals surface area contributed by atoms with E-state index in [0.717, 1.165) is 15.7 Å². The van der Waals surface area contributed by atoms with Crippen LogP contribution in [0.2, 0.25) is 0 Å². The SMILES string of the molecule is NC1CC(O)(c2nc(Br)cs2)c2ccccc21. The van der Waals surface area contributed by atoms with Gasteiger partial charge in [0, 0.05) is 17.8 Å². The van der Waals surface area contributed by atoms with Gasteiger partial charge in [-0.25, -0.2) is 4.98 Å². The summed E-state index contributed by atoms with van der Waals surface area (Å²) in [4.78, 5) is 4.33. The molecule has 2 atom stereocenters. The Labute approximate surface area is 111 Å². The van der Waals surface area contributed by atoms with Crippen LogP contribution in [0.3, 0.4) is 0 Å². The van der Waals surface area contributed by atoms with E-state index in [1.165, 1.54) is 11.3 Å². The Hall–Kier alpha value is -0.750. The molecule has 2 aromatic rings. The van der Waals surface area contributed by atoms with E-state index in [2.05, 4.69) is 20.9 Å². The maximum Gasteiger partial charge on any atom is 0.143 e. The molecule has 88 valence electrons. The summed E-state index contributed by atoms with van der Waals surface area (Å²) in [6, 6.07) is 7.64. The molecule has 1 aromatic carbocycles. The van der Waals surface area contributed by atoms with Crippen LogP contribution in [-0.4, -0.2) is 10.1 Å². The fourth-order valence-corrected chi connectivity index (χ4v) is 3.76. The number of fused-ring (bicyclic) bond motifs is 1. The number of aliphatic hydroxyl groups is 1. The second kappa shape index (κ2) is 3.88. The molecule has 17 heavy (non-hydrogen) atoms. The van der Waals surface area contributed by atoms with Crippen molar-refractivity contribution in [1.82, 2.24) is 4.98 Å². The largest absolute Gasteiger partial charge is 0.378 e. The van der Waals surface area contributed by atoms with E-state index < -0.39 is 5.60 Å². The number of benzene rings is 1. The molecule has 0 spiro atoms. The highest BCUT2D eigenvalue weighted by molar-refractivity contribution is 9.10. The molecule has 5 heteroatoms. The van der Waals surface area contributed by atoms with Gasteiger partial charge >= 0.3 is 0 Å². The number of halogens is 1. The molecule has 1 aliphatic carbocycles. The smallest absolute Gasteiger partial charge is 0.143 e. The van der Waals surface area contributed by atoms with E-state index in [4.69, 9.17) is 5.73 Å². The third kappa shape index (κ3) is 1.65. The molecule has 0 amide bonds. The molecule has 2 unspecified atom stereocenters. The van der Waals surface area contributed by atoms with E-state index in [1.54, 1.807) is 0 Å². The summed E-state index contributed by atoms with van der Waals surface area (Å²) in [5.74, 6) is 0. The van der Waals surface area contributed by atoms with Crippen LogP contribution in [-0.2, 0) is 5.60 Å². The van der Waals surface area contributed by atoms with Crippen LogP contribution in [0, 0.1) is 0 Å². The summed E-state index contributed by atoms with van der Waals surface area (Å²) in [7, 11) is 0.